The van der Waals surface area contributed by atoms with Crippen molar-refractivity contribution in [3.63, 3.8) is 0 Å². The average Bonchev–Trinajstić information content (AvgIpc) is 3.41. The number of aromatic amines is 1. The third-order valence-electron chi connectivity index (χ3n) is 5.13. The predicted molar refractivity (Wildman–Crippen MR) is 99.1 cm³/mol. The lowest BCUT2D eigenvalue weighted by atomic mass is 10.00. The Hall–Kier alpha value is -2.34. The maximum absolute atomic E-state index is 12.5. The maximum atomic E-state index is 12.5. The Bertz CT molecular complexity index is 729. The zero-order valence-electron chi connectivity index (χ0n) is 14.6. The Morgan fingerprint density at radius 2 is 1.96 bits per heavy atom. The number of piperazine rings is 1. The van der Waals surface area contributed by atoms with Gasteiger partial charge >= 0.3 is 0 Å². The molecule has 0 radical (unpaired) electrons. The molecule has 4 rings (SSSR count). The van der Waals surface area contributed by atoms with E-state index in [1.54, 1.807) is 0 Å². The molecule has 132 valence electrons. The van der Waals surface area contributed by atoms with Crippen LogP contribution in [0.5, 0.6) is 0 Å². The van der Waals surface area contributed by atoms with Gasteiger partial charge in [-0.15, -0.1) is 0 Å². The van der Waals surface area contributed by atoms with Crippen molar-refractivity contribution in [1.29, 1.82) is 0 Å². The second kappa shape index (κ2) is 6.88. The van der Waals surface area contributed by atoms with Crippen LogP contribution in [-0.2, 0) is 4.79 Å². The van der Waals surface area contributed by atoms with Crippen LogP contribution in [0.1, 0.15) is 42.9 Å². The van der Waals surface area contributed by atoms with E-state index in [9.17, 15) is 4.79 Å². The highest BCUT2D eigenvalue weighted by Crippen LogP contribution is 2.39. The van der Waals surface area contributed by atoms with Crippen molar-refractivity contribution >= 4 is 17.4 Å². The van der Waals surface area contributed by atoms with Gasteiger partial charge in [-0.05, 0) is 37.5 Å². The summed E-state index contributed by atoms with van der Waals surface area (Å²) in [7, 11) is 0. The summed E-state index contributed by atoms with van der Waals surface area (Å²) in [5, 5.41) is 13.5. The van der Waals surface area contributed by atoms with Crippen LogP contribution < -0.4 is 15.5 Å². The number of hydrogen-bond acceptors (Lipinski definition) is 4. The minimum Gasteiger partial charge on any atom is -0.369 e. The van der Waals surface area contributed by atoms with E-state index in [1.165, 1.54) is 18.5 Å². The third kappa shape index (κ3) is 3.69. The highest BCUT2D eigenvalue weighted by Gasteiger charge is 2.26. The zero-order chi connectivity index (χ0) is 17.2. The van der Waals surface area contributed by atoms with Crippen LogP contribution >= 0.6 is 0 Å². The molecule has 2 fully saturated rings. The standard InChI is InChI=1S/C19H25N5O/c1-13(19(25)21-18-12-17(22-23-18)15-2-3-15)14-4-6-16(7-5-14)24-10-8-20-9-11-24/h4-7,12-13,15,20H,2-3,8-11H2,1H3,(H2,21,22,23,25). The summed E-state index contributed by atoms with van der Waals surface area (Å²) >= 11 is 0. The number of hydrogen-bond donors (Lipinski definition) is 3. The molecule has 0 spiro atoms. The Morgan fingerprint density at radius 1 is 1.24 bits per heavy atom. The molecule has 1 aliphatic carbocycles. The fourth-order valence-corrected chi connectivity index (χ4v) is 3.29. The lowest BCUT2D eigenvalue weighted by molar-refractivity contribution is -0.117. The molecular weight excluding hydrogens is 314 g/mol. The number of anilines is 2. The van der Waals surface area contributed by atoms with Crippen molar-refractivity contribution in [2.45, 2.75) is 31.6 Å². The molecule has 1 amide bonds. The highest BCUT2D eigenvalue weighted by atomic mass is 16.1. The smallest absolute Gasteiger partial charge is 0.232 e. The number of carbonyl (C=O) groups is 1. The molecular formula is C19H25N5O. The number of nitrogens with one attached hydrogen (secondary N) is 3. The molecule has 0 bridgehead atoms. The first kappa shape index (κ1) is 16.1. The van der Waals surface area contributed by atoms with E-state index in [1.807, 2.05) is 13.0 Å². The zero-order valence-corrected chi connectivity index (χ0v) is 14.6. The van der Waals surface area contributed by atoms with Gasteiger partial charge in [-0.1, -0.05) is 12.1 Å². The van der Waals surface area contributed by atoms with E-state index in [0.29, 0.717) is 11.7 Å². The van der Waals surface area contributed by atoms with Gasteiger partial charge in [0.15, 0.2) is 5.82 Å². The fourth-order valence-electron chi connectivity index (χ4n) is 3.29. The summed E-state index contributed by atoms with van der Waals surface area (Å²) in [6.45, 7) is 6.03. The van der Waals surface area contributed by atoms with Gasteiger partial charge in [-0.2, -0.15) is 5.10 Å². The quantitative estimate of drug-likeness (QED) is 0.782. The van der Waals surface area contributed by atoms with Gasteiger partial charge in [-0.25, -0.2) is 0 Å². The van der Waals surface area contributed by atoms with Gasteiger partial charge in [0.2, 0.25) is 5.91 Å². The lowest BCUT2D eigenvalue weighted by Gasteiger charge is -2.29. The molecule has 6 nitrogen and oxygen atoms in total. The SMILES string of the molecule is CC(C(=O)Nc1cc(C2CC2)[nH]n1)c1ccc(N2CCNCC2)cc1. The second-order valence-electron chi connectivity index (χ2n) is 7.02. The number of carbonyl (C=O) groups excluding carboxylic acids is 1. The van der Waals surface area contributed by atoms with Crippen LogP contribution in [0.25, 0.3) is 0 Å². The lowest BCUT2D eigenvalue weighted by Crippen LogP contribution is -2.43. The summed E-state index contributed by atoms with van der Waals surface area (Å²) in [6.07, 6.45) is 2.43. The molecule has 6 heteroatoms. The first-order chi connectivity index (χ1) is 12.2. The molecule has 1 saturated heterocycles. The van der Waals surface area contributed by atoms with Crippen LogP contribution in [0.4, 0.5) is 11.5 Å². The molecule has 2 aromatic rings. The van der Waals surface area contributed by atoms with Crippen molar-refractivity contribution in [1.82, 2.24) is 15.5 Å². The van der Waals surface area contributed by atoms with Gasteiger partial charge in [0, 0.05) is 49.5 Å². The topological polar surface area (TPSA) is 73.0 Å². The van der Waals surface area contributed by atoms with Crippen LogP contribution in [-0.4, -0.2) is 42.3 Å². The first-order valence-electron chi connectivity index (χ1n) is 9.12. The summed E-state index contributed by atoms with van der Waals surface area (Å²) in [5.74, 6) is 0.992. The van der Waals surface area contributed by atoms with Crippen molar-refractivity contribution in [3.8, 4) is 0 Å². The summed E-state index contributed by atoms with van der Waals surface area (Å²) in [4.78, 5) is 14.9. The third-order valence-corrected chi connectivity index (χ3v) is 5.13. The summed E-state index contributed by atoms with van der Waals surface area (Å²) in [6, 6.07) is 10.3. The van der Waals surface area contributed by atoms with E-state index >= 15 is 0 Å². The van der Waals surface area contributed by atoms with Crippen LogP contribution in [0, 0.1) is 0 Å². The first-order valence-corrected chi connectivity index (χ1v) is 9.12. The molecule has 1 aliphatic heterocycles. The molecule has 1 aromatic carbocycles. The van der Waals surface area contributed by atoms with Gasteiger partial charge in [0.05, 0.1) is 5.92 Å². The molecule has 1 aromatic heterocycles. The molecule has 1 atom stereocenters. The Kier molecular flexibility index (Phi) is 4.44. The predicted octanol–water partition coefficient (Wildman–Crippen LogP) is 2.44. The number of aromatic nitrogens is 2. The van der Waals surface area contributed by atoms with E-state index in [0.717, 1.165) is 37.4 Å². The summed E-state index contributed by atoms with van der Waals surface area (Å²) in [5.41, 5.74) is 3.37. The Labute approximate surface area is 148 Å². The number of H-pyrrole nitrogens is 1. The molecule has 2 aliphatic rings. The average molecular weight is 339 g/mol. The molecule has 1 saturated carbocycles. The van der Waals surface area contributed by atoms with Crippen LogP contribution in [0.15, 0.2) is 30.3 Å². The van der Waals surface area contributed by atoms with E-state index < -0.39 is 0 Å². The number of amides is 1. The molecule has 25 heavy (non-hydrogen) atoms. The Balaban J connectivity index is 1.38. The van der Waals surface area contributed by atoms with Crippen LogP contribution in [0.3, 0.4) is 0 Å². The second-order valence-corrected chi connectivity index (χ2v) is 7.02. The van der Waals surface area contributed by atoms with Crippen molar-refractivity contribution < 1.29 is 4.79 Å². The monoisotopic (exact) mass is 339 g/mol. The van der Waals surface area contributed by atoms with Gasteiger partial charge in [0.25, 0.3) is 0 Å². The number of nitrogens with zero attached hydrogens (tertiary/aromatic N) is 2. The van der Waals surface area contributed by atoms with Crippen LogP contribution in [0.2, 0.25) is 0 Å². The van der Waals surface area contributed by atoms with Crippen molar-refractivity contribution in [3.05, 3.63) is 41.6 Å². The van der Waals surface area contributed by atoms with Crippen molar-refractivity contribution in [2.75, 3.05) is 36.4 Å². The van der Waals surface area contributed by atoms with Gasteiger partial charge in [-0.3, -0.25) is 9.89 Å². The van der Waals surface area contributed by atoms with Gasteiger partial charge in [0.1, 0.15) is 0 Å². The minimum atomic E-state index is -0.210. The highest BCUT2D eigenvalue weighted by molar-refractivity contribution is 5.94. The number of benzene rings is 1. The van der Waals surface area contributed by atoms with Gasteiger partial charge < -0.3 is 15.5 Å². The summed E-state index contributed by atoms with van der Waals surface area (Å²) < 4.78 is 0. The minimum absolute atomic E-state index is 0.0243. The molecule has 2 heterocycles. The van der Waals surface area contributed by atoms with Crippen molar-refractivity contribution in [2.24, 2.45) is 0 Å². The molecule has 3 N–H and O–H groups in total. The van der Waals surface area contributed by atoms with E-state index in [2.05, 4.69) is 50.0 Å². The normalized spacial score (nSPS) is 18.8. The van der Waals surface area contributed by atoms with E-state index in [-0.39, 0.29) is 11.8 Å². The largest absolute Gasteiger partial charge is 0.369 e. The maximum Gasteiger partial charge on any atom is 0.232 e. The molecule has 1 unspecified atom stereocenters. The number of rotatable bonds is 5. The van der Waals surface area contributed by atoms with E-state index in [4.69, 9.17) is 0 Å². The fraction of sp³-hybridized carbons (Fsp3) is 0.474. The Morgan fingerprint density at radius 3 is 2.64 bits per heavy atom.